The van der Waals surface area contributed by atoms with Crippen molar-refractivity contribution >= 4 is 32.6 Å². The summed E-state index contributed by atoms with van der Waals surface area (Å²) < 4.78 is 12.8. The number of rotatable bonds is 1. The SMILES string of the molecule is O=c1oc2c3c(ccc2c2c1CCCC2)OCN(c1cccc(Br)c1)C3. The molecule has 0 amide bonds. The fourth-order valence-corrected chi connectivity index (χ4v) is 4.44. The summed E-state index contributed by atoms with van der Waals surface area (Å²) in [4.78, 5) is 14.7. The quantitative estimate of drug-likeness (QED) is 0.539. The van der Waals surface area contributed by atoms with E-state index in [4.69, 9.17) is 9.15 Å². The highest BCUT2D eigenvalue weighted by Gasteiger charge is 2.25. The van der Waals surface area contributed by atoms with E-state index in [0.717, 1.165) is 58.1 Å². The van der Waals surface area contributed by atoms with E-state index in [1.54, 1.807) is 0 Å². The van der Waals surface area contributed by atoms with E-state index < -0.39 is 0 Å². The molecule has 0 radical (unpaired) electrons. The first-order valence-corrected chi connectivity index (χ1v) is 9.74. The van der Waals surface area contributed by atoms with Gasteiger partial charge >= 0.3 is 5.63 Å². The summed E-state index contributed by atoms with van der Waals surface area (Å²) >= 11 is 3.52. The lowest BCUT2D eigenvalue weighted by atomic mass is 9.90. The normalized spacial score (nSPS) is 16.1. The van der Waals surface area contributed by atoms with Gasteiger partial charge in [0.15, 0.2) is 6.73 Å². The van der Waals surface area contributed by atoms with Gasteiger partial charge in [0.1, 0.15) is 11.3 Å². The molecular weight excluding hydrogens is 394 g/mol. The number of hydrogen-bond acceptors (Lipinski definition) is 4. The summed E-state index contributed by atoms with van der Waals surface area (Å²) in [5.74, 6) is 0.808. The van der Waals surface area contributed by atoms with Gasteiger partial charge in [0.25, 0.3) is 0 Å². The molecule has 132 valence electrons. The predicted molar refractivity (Wildman–Crippen MR) is 105 cm³/mol. The molecule has 5 rings (SSSR count). The number of aryl methyl sites for hydroxylation is 1. The molecule has 1 aliphatic carbocycles. The number of halogens is 1. The third-order valence-electron chi connectivity index (χ3n) is 5.35. The third-order valence-corrected chi connectivity index (χ3v) is 5.84. The Morgan fingerprint density at radius 3 is 2.69 bits per heavy atom. The fraction of sp³-hybridized carbons (Fsp3) is 0.286. The number of fused-ring (bicyclic) bond motifs is 5. The second kappa shape index (κ2) is 6.16. The van der Waals surface area contributed by atoms with Crippen LogP contribution in [0.1, 0.15) is 29.5 Å². The van der Waals surface area contributed by atoms with Crippen LogP contribution in [0.4, 0.5) is 5.69 Å². The zero-order chi connectivity index (χ0) is 17.7. The van der Waals surface area contributed by atoms with Crippen molar-refractivity contribution in [3.8, 4) is 5.75 Å². The van der Waals surface area contributed by atoms with Gasteiger partial charge in [0.05, 0.1) is 12.1 Å². The van der Waals surface area contributed by atoms with Crippen LogP contribution in [0, 0.1) is 0 Å². The van der Waals surface area contributed by atoms with Crippen LogP contribution in [-0.4, -0.2) is 6.73 Å². The van der Waals surface area contributed by atoms with Gasteiger partial charge in [-0.25, -0.2) is 4.79 Å². The van der Waals surface area contributed by atoms with Gasteiger partial charge in [-0.05, 0) is 61.6 Å². The molecule has 1 aromatic heterocycles. The van der Waals surface area contributed by atoms with E-state index in [2.05, 4.69) is 39.0 Å². The Bertz CT molecular complexity index is 1070. The first-order valence-electron chi connectivity index (χ1n) is 8.94. The predicted octanol–water partition coefficient (Wildman–Crippen LogP) is 4.79. The monoisotopic (exact) mass is 411 g/mol. The van der Waals surface area contributed by atoms with Crippen LogP contribution in [-0.2, 0) is 19.4 Å². The number of anilines is 1. The lowest BCUT2D eigenvalue weighted by Crippen LogP contribution is -2.32. The van der Waals surface area contributed by atoms with Crippen molar-refractivity contribution in [2.24, 2.45) is 0 Å². The second-order valence-electron chi connectivity index (χ2n) is 6.92. The summed E-state index contributed by atoms with van der Waals surface area (Å²) in [6.45, 7) is 1.13. The van der Waals surface area contributed by atoms with Gasteiger partial charge in [-0.3, -0.25) is 0 Å². The molecule has 1 aliphatic heterocycles. The van der Waals surface area contributed by atoms with Gasteiger partial charge in [0, 0.05) is 21.1 Å². The van der Waals surface area contributed by atoms with Crippen LogP contribution < -0.4 is 15.3 Å². The highest BCUT2D eigenvalue weighted by atomic mass is 79.9. The van der Waals surface area contributed by atoms with E-state index in [9.17, 15) is 4.79 Å². The van der Waals surface area contributed by atoms with E-state index in [1.807, 2.05) is 18.2 Å². The van der Waals surface area contributed by atoms with Crippen molar-refractivity contribution in [1.82, 2.24) is 0 Å². The lowest BCUT2D eigenvalue weighted by molar-refractivity contribution is 0.289. The molecule has 0 saturated heterocycles. The minimum atomic E-state index is -0.180. The van der Waals surface area contributed by atoms with Gasteiger partial charge in [-0.1, -0.05) is 22.0 Å². The van der Waals surface area contributed by atoms with E-state index in [0.29, 0.717) is 18.9 Å². The third kappa shape index (κ3) is 2.53. The molecular formula is C21H18BrNO3. The highest BCUT2D eigenvalue weighted by Crippen LogP contribution is 2.37. The maximum Gasteiger partial charge on any atom is 0.339 e. The molecule has 5 heteroatoms. The summed E-state index contributed by atoms with van der Waals surface area (Å²) in [5, 5.41) is 1.07. The van der Waals surface area contributed by atoms with Crippen molar-refractivity contribution in [1.29, 1.82) is 0 Å². The average Bonchev–Trinajstić information content (AvgIpc) is 2.68. The summed E-state index contributed by atoms with van der Waals surface area (Å²) in [6.07, 6.45) is 3.97. The second-order valence-corrected chi connectivity index (χ2v) is 7.84. The first kappa shape index (κ1) is 15.9. The van der Waals surface area contributed by atoms with Gasteiger partial charge in [-0.2, -0.15) is 0 Å². The topological polar surface area (TPSA) is 42.7 Å². The lowest BCUT2D eigenvalue weighted by Gasteiger charge is -2.31. The van der Waals surface area contributed by atoms with Crippen LogP contribution in [0.25, 0.3) is 11.0 Å². The molecule has 3 aromatic rings. The van der Waals surface area contributed by atoms with Gasteiger partial charge in [0.2, 0.25) is 0 Å². The molecule has 2 heterocycles. The van der Waals surface area contributed by atoms with Crippen LogP contribution >= 0.6 is 15.9 Å². The number of benzene rings is 2. The zero-order valence-electron chi connectivity index (χ0n) is 14.3. The molecule has 0 atom stereocenters. The number of nitrogens with zero attached hydrogens (tertiary/aromatic N) is 1. The van der Waals surface area contributed by atoms with Crippen LogP contribution in [0.3, 0.4) is 0 Å². The standard InChI is InChI=1S/C21H18BrNO3/c22-13-4-3-5-14(10-13)23-11-18-19(25-12-23)9-8-16-15-6-1-2-7-17(15)21(24)26-20(16)18/h3-5,8-10H,1-2,6-7,11-12H2. The minimum absolute atomic E-state index is 0.180. The van der Waals surface area contributed by atoms with Gasteiger partial charge < -0.3 is 14.1 Å². The van der Waals surface area contributed by atoms with E-state index in [-0.39, 0.29) is 5.63 Å². The van der Waals surface area contributed by atoms with E-state index in [1.165, 1.54) is 5.56 Å². The molecule has 0 spiro atoms. The Labute approximate surface area is 159 Å². The summed E-state index contributed by atoms with van der Waals surface area (Å²) in [5.41, 5.74) is 4.57. The Morgan fingerprint density at radius 1 is 1.00 bits per heavy atom. The Morgan fingerprint density at radius 2 is 1.85 bits per heavy atom. The molecule has 2 aliphatic rings. The molecule has 26 heavy (non-hydrogen) atoms. The Hall–Kier alpha value is -2.27. The molecule has 0 N–H and O–H groups in total. The number of ether oxygens (including phenoxy) is 1. The van der Waals surface area contributed by atoms with Crippen molar-refractivity contribution in [3.05, 3.63) is 68.0 Å². The number of hydrogen-bond donors (Lipinski definition) is 0. The van der Waals surface area contributed by atoms with Crippen molar-refractivity contribution < 1.29 is 9.15 Å². The molecule has 4 nitrogen and oxygen atoms in total. The van der Waals surface area contributed by atoms with Crippen LogP contribution in [0.15, 0.2) is 50.1 Å². The Kier molecular flexibility index (Phi) is 3.78. The Balaban J connectivity index is 1.65. The summed E-state index contributed by atoms with van der Waals surface area (Å²) in [6, 6.07) is 12.2. The molecule has 2 aromatic carbocycles. The maximum absolute atomic E-state index is 12.5. The van der Waals surface area contributed by atoms with Gasteiger partial charge in [-0.15, -0.1) is 0 Å². The average molecular weight is 412 g/mol. The summed E-state index contributed by atoms with van der Waals surface area (Å²) in [7, 11) is 0. The van der Waals surface area contributed by atoms with Crippen molar-refractivity contribution in [2.75, 3.05) is 11.6 Å². The molecule has 0 saturated carbocycles. The minimum Gasteiger partial charge on any atom is -0.473 e. The zero-order valence-corrected chi connectivity index (χ0v) is 15.8. The van der Waals surface area contributed by atoms with Crippen LogP contribution in [0.2, 0.25) is 0 Å². The smallest absolute Gasteiger partial charge is 0.339 e. The van der Waals surface area contributed by atoms with Crippen molar-refractivity contribution in [3.63, 3.8) is 0 Å². The molecule has 0 fully saturated rings. The first-order chi connectivity index (χ1) is 12.7. The fourth-order valence-electron chi connectivity index (χ4n) is 4.05. The molecule has 0 unspecified atom stereocenters. The maximum atomic E-state index is 12.5. The molecule has 0 bridgehead atoms. The van der Waals surface area contributed by atoms with Crippen LogP contribution in [0.5, 0.6) is 5.75 Å². The largest absolute Gasteiger partial charge is 0.473 e. The highest BCUT2D eigenvalue weighted by molar-refractivity contribution is 9.10. The van der Waals surface area contributed by atoms with Crippen molar-refractivity contribution in [2.45, 2.75) is 32.2 Å². The van der Waals surface area contributed by atoms with E-state index >= 15 is 0 Å².